The van der Waals surface area contributed by atoms with Crippen LogP contribution in [0.3, 0.4) is 0 Å². The molecule has 0 aliphatic carbocycles. The maximum Gasteiger partial charge on any atom is 0.159 e. The number of phenolic OH excluding ortho intramolecular Hbond substituents is 2. The second-order valence-electron chi connectivity index (χ2n) is 3.15. The lowest BCUT2D eigenvalue weighted by molar-refractivity contribution is 0.404. The molecule has 0 radical (unpaired) electrons. The van der Waals surface area contributed by atoms with Crippen molar-refractivity contribution in [1.82, 2.24) is 4.98 Å². The van der Waals surface area contributed by atoms with Crippen LogP contribution in [0.1, 0.15) is 0 Å². The molecule has 1 aromatic carbocycles. The molecule has 3 N–H and O–H groups in total. The number of rotatable bonds is 0. The smallest absolute Gasteiger partial charge is 0.159 e. The van der Waals surface area contributed by atoms with E-state index in [9.17, 15) is 15.3 Å². The molecule has 0 aliphatic heterocycles. The summed E-state index contributed by atoms with van der Waals surface area (Å²) in [5.41, 5.74) is 1.07. The van der Waals surface area contributed by atoms with Gasteiger partial charge in [0.2, 0.25) is 0 Å². The predicted molar refractivity (Wildman–Crippen MR) is 54.9 cm³/mol. The van der Waals surface area contributed by atoms with E-state index in [1.165, 1.54) is 18.3 Å². The van der Waals surface area contributed by atoms with Gasteiger partial charge in [-0.05, 0) is 11.5 Å². The first-order valence-corrected chi connectivity index (χ1v) is 4.10. The van der Waals surface area contributed by atoms with Crippen LogP contribution in [0, 0.1) is 0 Å². The molecule has 4 nitrogen and oxygen atoms in total. The molecule has 0 saturated carbocycles. The predicted octanol–water partition coefficient (Wildman–Crippen LogP) is -0.390. The van der Waals surface area contributed by atoms with Crippen LogP contribution in [0.4, 0.5) is 0 Å². The Morgan fingerprint density at radius 3 is 2.43 bits per heavy atom. The van der Waals surface area contributed by atoms with E-state index in [4.69, 9.17) is 0 Å². The van der Waals surface area contributed by atoms with Crippen molar-refractivity contribution in [1.29, 1.82) is 0 Å². The fraction of sp³-hybridized carbons (Fsp3) is 0. The van der Waals surface area contributed by atoms with Gasteiger partial charge >= 0.3 is 0 Å². The Bertz CT molecular complexity index is 513. The highest BCUT2D eigenvalue weighted by molar-refractivity contribution is 6.35. The zero-order chi connectivity index (χ0) is 10.3. The van der Waals surface area contributed by atoms with Crippen molar-refractivity contribution in [2.24, 2.45) is 0 Å². The summed E-state index contributed by atoms with van der Waals surface area (Å²) in [6.45, 7) is 0. The minimum Gasteiger partial charge on any atom is -0.508 e. The highest BCUT2D eigenvalue weighted by atomic mass is 16.3. The zero-order valence-corrected chi connectivity index (χ0v) is 7.52. The SMILES string of the molecule is Bc1cnc2cc(O)c(O)cc2c1O. The summed E-state index contributed by atoms with van der Waals surface area (Å²) >= 11 is 0. The standard InChI is InChI=1S/C9H8BNO3/c10-5-3-11-6-2-8(13)7(12)1-4(6)9(5)14/h1-3,12-13H,10H2,(H,11,14). The van der Waals surface area contributed by atoms with Gasteiger partial charge in [-0.25, -0.2) is 0 Å². The van der Waals surface area contributed by atoms with Gasteiger partial charge in [-0.15, -0.1) is 0 Å². The molecule has 0 bridgehead atoms. The molecular weight excluding hydrogens is 181 g/mol. The number of nitrogens with zero attached hydrogens (tertiary/aromatic N) is 1. The molecule has 0 amide bonds. The maximum atomic E-state index is 9.64. The number of hydrogen-bond acceptors (Lipinski definition) is 4. The fourth-order valence-corrected chi connectivity index (χ4v) is 1.30. The summed E-state index contributed by atoms with van der Waals surface area (Å²) in [5.74, 6) is -0.432. The molecule has 0 saturated heterocycles. The second kappa shape index (κ2) is 2.80. The Morgan fingerprint density at radius 1 is 1.07 bits per heavy atom. The minimum absolute atomic E-state index is 0.0744. The first-order valence-electron chi connectivity index (χ1n) is 4.10. The lowest BCUT2D eigenvalue weighted by Crippen LogP contribution is -2.03. The van der Waals surface area contributed by atoms with Crippen LogP contribution < -0.4 is 5.46 Å². The van der Waals surface area contributed by atoms with Crippen molar-refractivity contribution in [3.8, 4) is 17.2 Å². The van der Waals surface area contributed by atoms with Gasteiger partial charge in [-0.3, -0.25) is 4.98 Å². The molecule has 1 aromatic heterocycles. The Hall–Kier alpha value is -1.91. The summed E-state index contributed by atoms with van der Waals surface area (Å²) in [6, 6.07) is 2.60. The van der Waals surface area contributed by atoms with Crippen LogP contribution >= 0.6 is 0 Å². The number of benzene rings is 1. The summed E-state index contributed by atoms with van der Waals surface area (Å²) in [4.78, 5) is 4.01. The Balaban J connectivity index is 2.89. The van der Waals surface area contributed by atoms with Gasteiger partial charge < -0.3 is 15.3 Å². The third kappa shape index (κ3) is 1.14. The van der Waals surface area contributed by atoms with Crippen LogP contribution in [-0.4, -0.2) is 28.1 Å². The quantitative estimate of drug-likeness (QED) is 0.389. The van der Waals surface area contributed by atoms with E-state index in [0.717, 1.165) is 0 Å². The largest absolute Gasteiger partial charge is 0.508 e. The summed E-state index contributed by atoms with van der Waals surface area (Å²) in [5, 5.41) is 28.5. The topological polar surface area (TPSA) is 73.6 Å². The van der Waals surface area contributed by atoms with E-state index in [1.54, 1.807) is 7.85 Å². The third-order valence-electron chi connectivity index (χ3n) is 2.12. The van der Waals surface area contributed by atoms with Gasteiger partial charge in [0, 0.05) is 17.6 Å². The van der Waals surface area contributed by atoms with Crippen LogP contribution in [0.25, 0.3) is 10.9 Å². The lowest BCUT2D eigenvalue weighted by atomic mass is 9.95. The molecule has 5 heteroatoms. The first-order chi connectivity index (χ1) is 6.59. The van der Waals surface area contributed by atoms with Crippen molar-refractivity contribution in [3.05, 3.63) is 18.3 Å². The molecular formula is C9H8BNO3. The van der Waals surface area contributed by atoms with Gasteiger partial charge in [0.25, 0.3) is 0 Å². The molecule has 0 aliphatic rings. The van der Waals surface area contributed by atoms with Gasteiger partial charge in [0.05, 0.1) is 5.52 Å². The van der Waals surface area contributed by atoms with Gasteiger partial charge in [0.1, 0.15) is 13.6 Å². The first kappa shape index (κ1) is 8.68. The Morgan fingerprint density at radius 2 is 1.71 bits per heavy atom. The molecule has 2 rings (SSSR count). The van der Waals surface area contributed by atoms with E-state index in [2.05, 4.69) is 4.98 Å². The highest BCUT2D eigenvalue weighted by Crippen LogP contribution is 2.32. The van der Waals surface area contributed by atoms with Crippen LogP contribution in [-0.2, 0) is 0 Å². The molecule has 14 heavy (non-hydrogen) atoms. The highest BCUT2D eigenvalue weighted by Gasteiger charge is 2.08. The van der Waals surface area contributed by atoms with E-state index in [0.29, 0.717) is 16.4 Å². The lowest BCUT2D eigenvalue weighted by Gasteiger charge is -2.05. The average Bonchev–Trinajstić information content (AvgIpc) is 2.15. The van der Waals surface area contributed by atoms with Crippen molar-refractivity contribution in [2.75, 3.05) is 0 Å². The maximum absolute atomic E-state index is 9.64. The number of phenols is 2. The number of aromatic nitrogens is 1. The summed E-state index contributed by atoms with van der Waals surface area (Å²) in [7, 11) is 1.71. The van der Waals surface area contributed by atoms with Gasteiger partial charge in [-0.1, -0.05) is 0 Å². The molecule has 2 aromatic rings. The molecule has 0 atom stereocenters. The molecule has 70 valence electrons. The normalized spacial score (nSPS) is 10.6. The van der Waals surface area contributed by atoms with E-state index >= 15 is 0 Å². The number of pyridine rings is 1. The monoisotopic (exact) mass is 189 g/mol. The van der Waals surface area contributed by atoms with Crippen molar-refractivity contribution in [3.63, 3.8) is 0 Å². The van der Waals surface area contributed by atoms with Gasteiger partial charge in [0.15, 0.2) is 11.5 Å². The summed E-state index contributed by atoms with van der Waals surface area (Å²) in [6.07, 6.45) is 1.51. The molecule has 0 fully saturated rings. The second-order valence-corrected chi connectivity index (χ2v) is 3.15. The van der Waals surface area contributed by atoms with Crippen LogP contribution in [0.2, 0.25) is 0 Å². The van der Waals surface area contributed by atoms with Gasteiger partial charge in [-0.2, -0.15) is 0 Å². The minimum atomic E-state index is -0.264. The van der Waals surface area contributed by atoms with E-state index in [-0.39, 0.29) is 17.2 Å². The molecule has 0 spiro atoms. The van der Waals surface area contributed by atoms with Crippen molar-refractivity contribution >= 4 is 24.2 Å². The Labute approximate surface area is 80.9 Å². The Kier molecular flexibility index (Phi) is 1.74. The van der Waals surface area contributed by atoms with Crippen LogP contribution in [0.15, 0.2) is 18.3 Å². The van der Waals surface area contributed by atoms with Crippen molar-refractivity contribution < 1.29 is 15.3 Å². The van der Waals surface area contributed by atoms with E-state index < -0.39 is 0 Å². The third-order valence-corrected chi connectivity index (χ3v) is 2.12. The molecule has 1 heterocycles. The zero-order valence-electron chi connectivity index (χ0n) is 7.52. The number of hydrogen-bond donors (Lipinski definition) is 3. The number of aromatic hydroxyl groups is 3. The number of fused-ring (bicyclic) bond motifs is 1. The molecule has 0 unspecified atom stereocenters. The van der Waals surface area contributed by atoms with Crippen molar-refractivity contribution in [2.45, 2.75) is 0 Å². The summed E-state index contributed by atoms with van der Waals surface area (Å²) < 4.78 is 0. The average molecular weight is 189 g/mol. The van der Waals surface area contributed by atoms with Crippen LogP contribution in [0.5, 0.6) is 17.2 Å². The fourth-order valence-electron chi connectivity index (χ4n) is 1.30. The van der Waals surface area contributed by atoms with E-state index in [1.807, 2.05) is 0 Å².